The van der Waals surface area contributed by atoms with E-state index in [1.54, 1.807) is 20.8 Å². The molecule has 0 saturated carbocycles. The van der Waals surface area contributed by atoms with E-state index in [0.29, 0.717) is 11.3 Å². The molecule has 0 atom stereocenters. The summed E-state index contributed by atoms with van der Waals surface area (Å²) in [7, 11) is 0. The fourth-order valence-electron chi connectivity index (χ4n) is 1.33. The summed E-state index contributed by atoms with van der Waals surface area (Å²) < 4.78 is 18.5. The molecule has 18 heavy (non-hydrogen) atoms. The molecule has 1 rings (SSSR count). The summed E-state index contributed by atoms with van der Waals surface area (Å²) >= 11 is 0. The van der Waals surface area contributed by atoms with E-state index in [2.05, 4.69) is 17.6 Å². The van der Waals surface area contributed by atoms with Crippen LogP contribution in [-0.4, -0.2) is 11.7 Å². The van der Waals surface area contributed by atoms with Crippen LogP contribution in [0.4, 0.5) is 20.6 Å². The van der Waals surface area contributed by atoms with E-state index in [1.807, 2.05) is 0 Å². The van der Waals surface area contributed by atoms with E-state index in [9.17, 15) is 9.18 Å². The third-order valence-electron chi connectivity index (χ3n) is 2.07. The van der Waals surface area contributed by atoms with Crippen LogP contribution in [0.3, 0.4) is 0 Å². The van der Waals surface area contributed by atoms with Gasteiger partial charge in [0, 0.05) is 17.7 Å². The molecule has 1 amide bonds. The number of quaternary nitrogens is 1. The summed E-state index contributed by atoms with van der Waals surface area (Å²) in [5.41, 5.74) is 4.08. The molecule has 0 aliphatic heterocycles. The lowest BCUT2D eigenvalue weighted by Crippen LogP contribution is -2.41. The average Bonchev–Trinajstić information content (AvgIpc) is 2.20. The van der Waals surface area contributed by atoms with Crippen molar-refractivity contribution >= 4 is 23.5 Å². The predicted octanol–water partition coefficient (Wildman–Crippen LogP) is 2.69. The van der Waals surface area contributed by atoms with Crippen LogP contribution in [0.15, 0.2) is 18.7 Å². The highest BCUT2D eigenvalue weighted by atomic mass is 19.1. The number of halogens is 1. The van der Waals surface area contributed by atoms with Gasteiger partial charge in [0.1, 0.15) is 5.60 Å². The van der Waals surface area contributed by atoms with Gasteiger partial charge in [0.2, 0.25) is 0 Å². The van der Waals surface area contributed by atoms with Crippen LogP contribution in [-0.2, 0) is 4.74 Å². The Kier molecular flexibility index (Phi) is 4.08. The average molecular weight is 253 g/mol. The Morgan fingerprint density at radius 3 is 2.61 bits per heavy atom. The minimum absolute atomic E-state index is 0.250. The van der Waals surface area contributed by atoms with Gasteiger partial charge in [-0.1, -0.05) is 12.7 Å². The van der Waals surface area contributed by atoms with Crippen LogP contribution in [0, 0.1) is 5.82 Å². The van der Waals surface area contributed by atoms with Gasteiger partial charge in [0.05, 0.1) is 5.69 Å². The molecular weight excluding hydrogens is 235 g/mol. The van der Waals surface area contributed by atoms with Crippen molar-refractivity contribution in [2.45, 2.75) is 26.4 Å². The molecule has 5 heteroatoms. The molecule has 4 nitrogen and oxygen atoms in total. The highest BCUT2D eigenvalue weighted by Crippen LogP contribution is 2.23. The van der Waals surface area contributed by atoms with E-state index in [0.717, 1.165) is 0 Å². The number of ether oxygens (including phenoxy) is 1. The van der Waals surface area contributed by atoms with E-state index in [4.69, 9.17) is 4.74 Å². The first-order valence-corrected chi connectivity index (χ1v) is 5.51. The molecule has 0 fully saturated rings. The molecule has 1 aromatic rings. The fourth-order valence-corrected chi connectivity index (χ4v) is 1.33. The van der Waals surface area contributed by atoms with Crippen LogP contribution >= 0.6 is 0 Å². The van der Waals surface area contributed by atoms with Crippen molar-refractivity contribution in [2.24, 2.45) is 0 Å². The first kappa shape index (κ1) is 14.2. The summed E-state index contributed by atoms with van der Waals surface area (Å²) in [4.78, 5) is 11.6. The SMILES string of the molecule is C=Cc1cc([NH3+])c(F)cc1NC(=O)OC(C)(C)C. The fraction of sp³-hybridized carbons (Fsp3) is 0.308. The molecule has 4 N–H and O–H groups in total. The van der Waals surface area contributed by atoms with Crippen molar-refractivity contribution in [2.75, 3.05) is 5.32 Å². The number of carbonyl (C=O) groups excluding carboxylic acids is 1. The maximum atomic E-state index is 13.4. The first-order chi connectivity index (χ1) is 8.23. The standard InChI is InChI=1S/C13H17FN2O2/c1-5-8-6-10(15)9(14)7-11(8)16-12(17)18-13(2,3)4/h5-7H,1,15H2,2-4H3,(H,16,17)/p+1. The summed E-state index contributed by atoms with van der Waals surface area (Å²) in [6, 6.07) is 2.71. The summed E-state index contributed by atoms with van der Waals surface area (Å²) in [5, 5.41) is 2.49. The van der Waals surface area contributed by atoms with Crippen LogP contribution < -0.4 is 11.1 Å². The summed E-state index contributed by atoms with van der Waals surface area (Å²) in [5.74, 6) is -0.494. The van der Waals surface area contributed by atoms with E-state index < -0.39 is 17.5 Å². The maximum Gasteiger partial charge on any atom is 0.412 e. The first-order valence-electron chi connectivity index (χ1n) is 5.51. The van der Waals surface area contributed by atoms with Crippen LogP contribution in [0.25, 0.3) is 6.08 Å². The van der Waals surface area contributed by atoms with Gasteiger partial charge in [-0.25, -0.2) is 9.18 Å². The molecule has 0 heterocycles. The van der Waals surface area contributed by atoms with Crippen LogP contribution in [0.2, 0.25) is 0 Å². The van der Waals surface area contributed by atoms with Crippen molar-refractivity contribution in [3.05, 3.63) is 30.1 Å². The zero-order chi connectivity index (χ0) is 13.9. The van der Waals surface area contributed by atoms with Gasteiger partial charge in [-0.05, 0) is 20.8 Å². The number of nitrogens with one attached hydrogen (secondary N) is 1. The number of amides is 1. The number of hydrogen-bond donors (Lipinski definition) is 2. The monoisotopic (exact) mass is 253 g/mol. The van der Waals surface area contributed by atoms with Crippen LogP contribution in [0.5, 0.6) is 0 Å². The number of benzene rings is 1. The number of hydrogen-bond acceptors (Lipinski definition) is 2. The second-order valence-electron chi connectivity index (χ2n) is 4.86. The molecule has 0 radical (unpaired) electrons. The van der Waals surface area contributed by atoms with Crippen molar-refractivity contribution in [3.63, 3.8) is 0 Å². The Balaban J connectivity index is 2.94. The zero-order valence-corrected chi connectivity index (χ0v) is 10.8. The largest absolute Gasteiger partial charge is 0.444 e. The molecule has 0 aromatic heterocycles. The van der Waals surface area contributed by atoms with Gasteiger partial charge in [0.25, 0.3) is 0 Å². The Hall–Kier alpha value is -1.88. The second kappa shape index (κ2) is 5.18. The molecular formula is C13H18FN2O2+. The molecule has 0 bridgehead atoms. The third-order valence-corrected chi connectivity index (χ3v) is 2.07. The van der Waals surface area contributed by atoms with E-state index >= 15 is 0 Å². The minimum Gasteiger partial charge on any atom is -0.444 e. The topological polar surface area (TPSA) is 66.0 Å². The molecule has 1 aromatic carbocycles. The van der Waals surface area contributed by atoms with Gasteiger partial charge in [0.15, 0.2) is 11.5 Å². The summed E-state index contributed by atoms with van der Waals surface area (Å²) in [6.45, 7) is 8.85. The predicted molar refractivity (Wildman–Crippen MR) is 68.9 cm³/mol. The molecule has 0 aliphatic carbocycles. The molecule has 98 valence electrons. The quantitative estimate of drug-likeness (QED) is 0.851. The Bertz CT molecular complexity index is 479. The Morgan fingerprint density at radius 1 is 1.50 bits per heavy atom. The van der Waals surface area contributed by atoms with E-state index in [1.165, 1.54) is 18.2 Å². The molecule has 0 spiro atoms. The number of rotatable bonds is 2. The smallest absolute Gasteiger partial charge is 0.412 e. The normalized spacial score (nSPS) is 10.9. The van der Waals surface area contributed by atoms with Gasteiger partial charge in [-0.2, -0.15) is 0 Å². The third kappa shape index (κ3) is 3.85. The Labute approximate surface area is 106 Å². The van der Waals surface area contributed by atoms with Crippen molar-refractivity contribution in [3.8, 4) is 0 Å². The Morgan fingerprint density at radius 2 is 2.11 bits per heavy atom. The lowest BCUT2D eigenvalue weighted by molar-refractivity contribution is -0.258. The van der Waals surface area contributed by atoms with Gasteiger partial charge in [-0.15, -0.1) is 0 Å². The second-order valence-corrected chi connectivity index (χ2v) is 4.86. The molecule has 0 aliphatic rings. The van der Waals surface area contributed by atoms with Gasteiger partial charge < -0.3 is 10.5 Å². The highest BCUT2D eigenvalue weighted by Gasteiger charge is 2.18. The van der Waals surface area contributed by atoms with Crippen LogP contribution in [0.1, 0.15) is 26.3 Å². The van der Waals surface area contributed by atoms with Gasteiger partial charge >= 0.3 is 6.09 Å². The number of carbonyl (C=O) groups is 1. The molecule has 0 saturated heterocycles. The zero-order valence-electron chi connectivity index (χ0n) is 10.8. The van der Waals surface area contributed by atoms with Crippen molar-refractivity contribution < 1.29 is 19.7 Å². The maximum absolute atomic E-state index is 13.4. The van der Waals surface area contributed by atoms with E-state index in [-0.39, 0.29) is 5.69 Å². The highest BCUT2D eigenvalue weighted by molar-refractivity contribution is 5.88. The molecule has 0 unspecified atom stereocenters. The summed E-state index contributed by atoms with van der Waals surface area (Å²) in [6.07, 6.45) is 0.877. The number of anilines is 1. The lowest BCUT2D eigenvalue weighted by atomic mass is 10.1. The van der Waals surface area contributed by atoms with Crippen molar-refractivity contribution in [1.29, 1.82) is 0 Å². The van der Waals surface area contributed by atoms with Gasteiger partial charge in [-0.3, -0.25) is 5.32 Å². The lowest BCUT2D eigenvalue weighted by Gasteiger charge is -2.20. The van der Waals surface area contributed by atoms with Crippen molar-refractivity contribution in [1.82, 2.24) is 0 Å². The minimum atomic E-state index is -0.637.